The van der Waals surface area contributed by atoms with Crippen molar-refractivity contribution in [3.63, 3.8) is 0 Å². The van der Waals surface area contributed by atoms with Crippen LogP contribution in [-0.2, 0) is 16.0 Å². The number of aliphatic hydroxyl groups is 1. The fourth-order valence-corrected chi connectivity index (χ4v) is 3.80. The van der Waals surface area contributed by atoms with E-state index in [1.807, 2.05) is 31.2 Å². The molecule has 0 bridgehead atoms. The van der Waals surface area contributed by atoms with E-state index in [1.54, 1.807) is 0 Å². The minimum absolute atomic E-state index is 0.108. The highest BCUT2D eigenvalue weighted by molar-refractivity contribution is 5.88. The third-order valence-electron chi connectivity index (χ3n) is 5.49. The Morgan fingerprint density at radius 2 is 1.78 bits per heavy atom. The number of benzene rings is 3. The van der Waals surface area contributed by atoms with Gasteiger partial charge in [0.2, 0.25) is 5.91 Å². The van der Waals surface area contributed by atoms with Crippen LogP contribution in [0.25, 0.3) is 10.8 Å². The van der Waals surface area contributed by atoms with Gasteiger partial charge in [-0.2, -0.15) is 0 Å². The molecule has 3 aromatic rings. The van der Waals surface area contributed by atoms with Crippen molar-refractivity contribution in [3.05, 3.63) is 77.9 Å². The summed E-state index contributed by atoms with van der Waals surface area (Å²) in [5.41, 5.74) is 2.79. The second-order valence-electron chi connectivity index (χ2n) is 9.06. The van der Waals surface area contributed by atoms with E-state index in [2.05, 4.69) is 66.9 Å². The zero-order valence-electron chi connectivity index (χ0n) is 19.4. The van der Waals surface area contributed by atoms with Crippen LogP contribution in [-0.4, -0.2) is 35.8 Å². The fourth-order valence-electron chi connectivity index (χ4n) is 3.80. The number of fused-ring (bicyclic) bond motifs is 1. The van der Waals surface area contributed by atoms with E-state index < -0.39 is 6.10 Å². The van der Waals surface area contributed by atoms with Crippen LogP contribution in [0.3, 0.4) is 0 Å². The van der Waals surface area contributed by atoms with E-state index in [1.165, 1.54) is 23.3 Å². The largest absolute Gasteiger partial charge is 0.389 e. The number of hydrogen-bond donors (Lipinski definition) is 3. The van der Waals surface area contributed by atoms with E-state index in [9.17, 15) is 9.90 Å². The predicted octanol–water partition coefficient (Wildman–Crippen LogP) is 4.85. The lowest BCUT2D eigenvalue weighted by Gasteiger charge is -2.28. The number of rotatable bonds is 10. The number of hydrogen-bond acceptors (Lipinski definition) is 4. The van der Waals surface area contributed by atoms with Gasteiger partial charge < -0.3 is 20.5 Å². The van der Waals surface area contributed by atoms with Crippen molar-refractivity contribution in [2.75, 3.05) is 18.5 Å². The molecular formula is C27H34N2O3. The number of aliphatic hydroxyl groups excluding tert-OH is 1. The average Bonchev–Trinajstić information content (AvgIpc) is 2.75. The molecule has 0 aromatic heterocycles. The lowest BCUT2D eigenvalue weighted by Crippen LogP contribution is -2.46. The van der Waals surface area contributed by atoms with Crippen LogP contribution in [0, 0.1) is 0 Å². The molecule has 0 spiro atoms. The number of ether oxygens (including phenoxy) is 1. The molecule has 0 heterocycles. The summed E-state index contributed by atoms with van der Waals surface area (Å²) in [6.45, 7) is 8.38. The summed E-state index contributed by atoms with van der Waals surface area (Å²) in [5.74, 6) is -0.108. The number of β-amino-alcohol motifs (C(OH)–C–C–N with tert-alkyl or cyclic N) is 1. The first-order valence-corrected chi connectivity index (χ1v) is 11.1. The Labute approximate surface area is 190 Å². The van der Waals surface area contributed by atoms with E-state index in [4.69, 9.17) is 4.74 Å². The SMILES string of the molecule is CC(=O)Nc1cccc(C(C)OCC(O)CNC(C)(C)Cc2ccc3ccccc3c2)c1. The first-order chi connectivity index (χ1) is 15.2. The Morgan fingerprint density at radius 3 is 2.53 bits per heavy atom. The molecule has 0 aliphatic carbocycles. The molecule has 32 heavy (non-hydrogen) atoms. The van der Waals surface area contributed by atoms with Gasteiger partial charge in [0.05, 0.1) is 18.8 Å². The molecule has 0 saturated heterocycles. The number of carbonyl (C=O) groups excluding carboxylic acids is 1. The Bertz CT molecular complexity index is 1050. The zero-order valence-corrected chi connectivity index (χ0v) is 19.4. The van der Waals surface area contributed by atoms with E-state index in [0.29, 0.717) is 6.54 Å². The first kappa shape index (κ1) is 23.9. The highest BCUT2D eigenvalue weighted by atomic mass is 16.5. The number of amides is 1. The smallest absolute Gasteiger partial charge is 0.221 e. The molecule has 0 aliphatic rings. The minimum atomic E-state index is -0.619. The summed E-state index contributed by atoms with van der Waals surface area (Å²) in [5, 5.41) is 19.2. The molecule has 3 N–H and O–H groups in total. The molecule has 2 unspecified atom stereocenters. The zero-order chi connectivity index (χ0) is 23.1. The molecule has 1 amide bonds. The highest BCUT2D eigenvalue weighted by Gasteiger charge is 2.20. The van der Waals surface area contributed by atoms with Crippen molar-refractivity contribution in [1.82, 2.24) is 5.32 Å². The molecule has 5 heteroatoms. The van der Waals surface area contributed by atoms with E-state index in [0.717, 1.165) is 17.7 Å². The summed E-state index contributed by atoms with van der Waals surface area (Å²) < 4.78 is 5.88. The molecule has 170 valence electrons. The van der Waals surface area contributed by atoms with Gasteiger partial charge in [0, 0.05) is 24.7 Å². The van der Waals surface area contributed by atoms with Crippen molar-refractivity contribution in [3.8, 4) is 0 Å². The maximum atomic E-state index is 11.3. The summed E-state index contributed by atoms with van der Waals surface area (Å²) in [6, 6.07) is 22.5. The van der Waals surface area contributed by atoms with Gasteiger partial charge >= 0.3 is 0 Å². The second kappa shape index (κ2) is 10.7. The van der Waals surface area contributed by atoms with Crippen LogP contribution in [0.4, 0.5) is 5.69 Å². The number of anilines is 1. The molecule has 3 rings (SSSR count). The molecule has 0 fully saturated rings. The maximum Gasteiger partial charge on any atom is 0.221 e. The van der Waals surface area contributed by atoms with Crippen LogP contribution in [0.1, 0.15) is 44.9 Å². The standard InChI is InChI=1S/C27H34N2O3/c1-19(23-10-7-11-25(15-23)29-20(2)30)32-18-26(31)17-28-27(3,4)16-21-12-13-22-8-5-6-9-24(22)14-21/h5-15,19,26,28,31H,16-18H2,1-4H3,(H,29,30). The fraction of sp³-hybridized carbons (Fsp3) is 0.370. The second-order valence-corrected chi connectivity index (χ2v) is 9.06. The highest BCUT2D eigenvalue weighted by Crippen LogP contribution is 2.21. The third kappa shape index (κ3) is 7.16. The summed E-state index contributed by atoms with van der Waals surface area (Å²) in [6.07, 6.45) is 0.0495. The topological polar surface area (TPSA) is 70.6 Å². The van der Waals surface area contributed by atoms with Gasteiger partial charge in [-0.05, 0) is 61.2 Å². The average molecular weight is 435 g/mol. The quantitative estimate of drug-likeness (QED) is 0.427. The first-order valence-electron chi connectivity index (χ1n) is 11.1. The summed E-state index contributed by atoms with van der Waals surface area (Å²) in [4.78, 5) is 11.3. The molecule has 0 saturated carbocycles. The molecule has 2 atom stereocenters. The van der Waals surface area contributed by atoms with Crippen molar-refractivity contribution in [1.29, 1.82) is 0 Å². The van der Waals surface area contributed by atoms with Gasteiger partial charge in [0.25, 0.3) is 0 Å². The number of nitrogens with one attached hydrogen (secondary N) is 2. The minimum Gasteiger partial charge on any atom is -0.389 e. The monoisotopic (exact) mass is 434 g/mol. The molecular weight excluding hydrogens is 400 g/mol. The van der Waals surface area contributed by atoms with Gasteiger partial charge in [-0.1, -0.05) is 54.6 Å². The van der Waals surface area contributed by atoms with Crippen molar-refractivity contribution in [2.24, 2.45) is 0 Å². The van der Waals surface area contributed by atoms with E-state index in [-0.39, 0.29) is 24.2 Å². The van der Waals surface area contributed by atoms with Gasteiger partial charge in [-0.15, -0.1) is 0 Å². The van der Waals surface area contributed by atoms with Crippen LogP contribution in [0.15, 0.2) is 66.7 Å². The van der Waals surface area contributed by atoms with Gasteiger partial charge in [-0.25, -0.2) is 0 Å². The Balaban J connectivity index is 1.47. The Morgan fingerprint density at radius 1 is 1.03 bits per heavy atom. The Hall–Kier alpha value is -2.73. The van der Waals surface area contributed by atoms with Gasteiger partial charge in [0.15, 0.2) is 0 Å². The third-order valence-corrected chi connectivity index (χ3v) is 5.49. The normalized spacial score (nSPS) is 13.7. The van der Waals surface area contributed by atoms with Crippen molar-refractivity contribution >= 4 is 22.4 Å². The molecule has 0 radical (unpaired) electrons. The predicted molar refractivity (Wildman–Crippen MR) is 131 cm³/mol. The molecule has 3 aromatic carbocycles. The van der Waals surface area contributed by atoms with E-state index >= 15 is 0 Å². The van der Waals surface area contributed by atoms with Crippen LogP contribution in [0.5, 0.6) is 0 Å². The van der Waals surface area contributed by atoms with Crippen LogP contribution >= 0.6 is 0 Å². The molecule has 5 nitrogen and oxygen atoms in total. The summed E-state index contributed by atoms with van der Waals surface area (Å²) in [7, 11) is 0. The molecule has 0 aliphatic heterocycles. The van der Waals surface area contributed by atoms with Crippen molar-refractivity contribution in [2.45, 2.75) is 51.9 Å². The lowest BCUT2D eigenvalue weighted by atomic mass is 9.93. The maximum absolute atomic E-state index is 11.3. The lowest BCUT2D eigenvalue weighted by molar-refractivity contribution is -0.114. The van der Waals surface area contributed by atoms with Gasteiger partial charge in [0.1, 0.15) is 0 Å². The van der Waals surface area contributed by atoms with Crippen LogP contribution in [0.2, 0.25) is 0 Å². The van der Waals surface area contributed by atoms with Gasteiger partial charge in [-0.3, -0.25) is 4.79 Å². The number of carbonyl (C=O) groups is 1. The van der Waals surface area contributed by atoms with Crippen LogP contribution < -0.4 is 10.6 Å². The van der Waals surface area contributed by atoms with Crippen molar-refractivity contribution < 1.29 is 14.6 Å². The Kier molecular flexibility index (Phi) is 8.02. The summed E-state index contributed by atoms with van der Waals surface area (Å²) >= 11 is 0.